The van der Waals surface area contributed by atoms with Crippen molar-refractivity contribution in [3.05, 3.63) is 108 Å². The summed E-state index contributed by atoms with van der Waals surface area (Å²) in [4.78, 5) is 0.159. The summed E-state index contributed by atoms with van der Waals surface area (Å²) < 4.78 is 35.8. The number of nitrogens with zero attached hydrogens (tertiary/aromatic N) is 1. The zero-order valence-electron chi connectivity index (χ0n) is 15.8. The molecule has 0 aliphatic heterocycles. The molecule has 4 nitrogen and oxygen atoms in total. The number of aryl methyl sites for hydroxylation is 1. The lowest BCUT2D eigenvalue weighted by Crippen LogP contribution is -2.08. The molecule has 29 heavy (non-hydrogen) atoms. The molecule has 0 aliphatic carbocycles. The van der Waals surface area contributed by atoms with Crippen LogP contribution in [0.25, 0.3) is 22.6 Å². The lowest BCUT2D eigenvalue weighted by Gasteiger charge is -2.06. The molecule has 0 unspecified atom stereocenters. The predicted molar refractivity (Wildman–Crippen MR) is 114 cm³/mol. The normalized spacial score (nSPS) is 11.2. The molecule has 0 N–H and O–H groups in total. The van der Waals surface area contributed by atoms with E-state index >= 15 is 0 Å². The Morgan fingerprint density at radius 2 is 1.17 bits per heavy atom. The second-order valence-electron chi connectivity index (χ2n) is 6.66. The fourth-order valence-corrected chi connectivity index (χ4v) is 3.90. The van der Waals surface area contributed by atoms with Crippen molar-refractivity contribution >= 4 is 10.0 Å². The third kappa shape index (κ3) is 4.36. The van der Waals surface area contributed by atoms with Crippen molar-refractivity contribution in [2.75, 3.05) is 0 Å². The molecule has 5 heteroatoms. The summed E-state index contributed by atoms with van der Waals surface area (Å²) in [6, 6.07) is 29.0. The number of rotatable bonds is 4. The highest BCUT2D eigenvalue weighted by molar-refractivity contribution is 7.90. The van der Waals surface area contributed by atoms with Gasteiger partial charge in [0.25, 0.3) is 10.0 Å². The van der Waals surface area contributed by atoms with Gasteiger partial charge in [0, 0.05) is 23.3 Å². The summed E-state index contributed by atoms with van der Waals surface area (Å²) in [5.41, 5.74) is 2.67. The number of hydrogen-bond acceptors (Lipinski definition) is 3. The fourth-order valence-electron chi connectivity index (χ4n) is 2.93. The van der Waals surface area contributed by atoms with E-state index in [0.717, 1.165) is 16.7 Å². The summed E-state index contributed by atoms with van der Waals surface area (Å²) in [5, 5.41) is 0.314. The van der Waals surface area contributed by atoms with Crippen LogP contribution in [0.3, 0.4) is 0 Å². The Labute approximate surface area is 169 Å². The van der Waals surface area contributed by atoms with Gasteiger partial charge < -0.3 is 4.42 Å². The molecule has 0 radical (unpaired) electrons. The fraction of sp³-hybridized carbons (Fsp3) is 0.0417. The van der Waals surface area contributed by atoms with E-state index in [0.29, 0.717) is 16.9 Å². The Morgan fingerprint density at radius 3 is 1.66 bits per heavy atom. The molecule has 0 spiro atoms. The molecule has 0 aliphatic rings. The average molecular weight is 401 g/mol. The lowest BCUT2D eigenvalue weighted by molar-refractivity contribution is 0.579. The molecule has 3 aromatic carbocycles. The van der Waals surface area contributed by atoms with Gasteiger partial charge in [-0.15, -0.1) is 0 Å². The minimum absolute atomic E-state index is 0.159. The molecule has 0 saturated heterocycles. The Bertz CT molecular complexity index is 1230. The molecule has 0 saturated carbocycles. The first-order valence-electron chi connectivity index (χ1n) is 9.15. The highest BCUT2D eigenvalue weighted by atomic mass is 32.2. The van der Waals surface area contributed by atoms with E-state index in [2.05, 4.69) is 4.40 Å². The molecule has 4 aromatic rings. The van der Waals surface area contributed by atoms with E-state index in [1.807, 2.05) is 67.6 Å². The van der Waals surface area contributed by atoms with Crippen LogP contribution in [-0.4, -0.2) is 8.42 Å². The van der Waals surface area contributed by atoms with Crippen molar-refractivity contribution in [1.29, 1.82) is 0 Å². The topological polar surface area (TPSA) is 59.6 Å². The van der Waals surface area contributed by atoms with Gasteiger partial charge in [-0.2, -0.15) is 12.8 Å². The maximum Gasteiger partial charge on any atom is 0.282 e. The lowest BCUT2D eigenvalue weighted by atomic mass is 10.1. The summed E-state index contributed by atoms with van der Waals surface area (Å²) in [7, 11) is -3.84. The maximum atomic E-state index is 12.8. The summed E-state index contributed by atoms with van der Waals surface area (Å²) in [6.07, 6.45) is 0. The third-order valence-electron chi connectivity index (χ3n) is 4.44. The Morgan fingerprint density at radius 1 is 0.690 bits per heavy atom. The Kier molecular flexibility index (Phi) is 5.14. The standard InChI is InChI=1S/C24H19NO3S/c1-18-12-14-22(15-13-18)29(26,27)25-21-16-23(19-8-4-2-5-9-19)28-24(17-21)20-10-6-3-7-11-20/h2-17H,1H3. The molecule has 0 bridgehead atoms. The van der Waals surface area contributed by atoms with Crippen LogP contribution in [0, 0.1) is 6.92 Å². The maximum absolute atomic E-state index is 12.8. The van der Waals surface area contributed by atoms with Crippen LogP contribution in [0.4, 0.5) is 0 Å². The second kappa shape index (κ2) is 7.89. The van der Waals surface area contributed by atoms with Crippen LogP contribution in [-0.2, 0) is 10.0 Å². The van der Waals surface area contributed by atoms with Gasteiger partial charge in [0.2, 0.25) is 0 Å². The van der Waals surface area contributed by atoms with Crippen molar-refractivity contribution in [1.82, 2.24) is 0 Å². The molecular weight excluding hydrogens is 382 g/mol. The second-order valence-corrected chi connectivity index (χ2v) is 8.26. The average Bonchev–Trinajstić information content (AvgIpc) is 2.75. The summed E-state index contributed by atoms with van der Waals surface area (Å²) in [5.74, 6) is 1.09. The molecule has 0 atom stereocenters. The van der Waals surface area contributed by atoms with E-state index < -0.39 is 10.0 Å². The molecule has 0 amide bonds. The van der Waals surface area contributed by atoms with E-state index in [1.165, 1.54) is 0 Å². The van der Waals surface area contributed by atoms with Gasteiger partial charge in [-0.3, -0.25) is 0 Å². The van der Waals surface area contributed by atoms with Crippen molar-refractivity contribution in [2.45, 2.75) is 11.8 Å². The van der Waals surface area contributed by atoms with Crippen LogP contribution >= 0.6 is 0 Å². The van der Waals surface area contributed by atoms with Crippen molar-refractivity contribution < 1.29 is 12.8 Å². The highest BCUT2D eigenvalue weighted by Gasteiger charge is 2.13. The quantitative estimate of drug-likeness (QED) is 0.471. The van der Waals surface area contributed by atoms with Crippen LogP contribution < -0.4 is 5.36 Å². The zero-order valence-corrected chi connectivity index (χ0v) is 16.6. The number of benzene rings is 3. The van der Waals surface area contributed by atoms with E-state index in [4.69, 9.17) is 4.42 Å². The zero-order chi connectivity index (χ0) is 20.3. The van der Waals surface area contributed by atoms with Crippen molar-refractivity contribution in [3.8, 4) is 22.6 Å². The summed E-state index contributed by atoms with van der Waals surface area (Å²) in [6.45, 7) is 1.91. The molecule has 1 heterocycles. The Balaban J connectivity index is 1.90. The first-order valence-corrected chi connectivity index (χ1v) is 10.6. The highest BCUT2D eigenvalue weighted by Crippen LogP contribution is 2.24. The van der Waals surface area contributed by atoms with E-state index in [9.17, 15) is 8.42 Å². The van der Waals surface area contributed by atoms with Gasteiger partial charge in [-0.1, -0.05) is 78.4 Å². The van der Waals surface area contributed by atoms with Crippen molar-refractivity contribution in [2.24, 2.45) is 4.40 Å². The monoisotopic (exact) mass is 401 g/mol. The first-order chi connectivity index (χ1) is 14.0. The largest absolute Gasteiger partial charge is 0.456 e. The smallest absolute Gasteiger partial charge is 0.282 e. The molecule has 1 aromatic heterocycles. The van der Waals surface area contributed by atoms with Crippen LogP contribution in [0.5, 0.6) is 0 Å². The van der Waals surface area contributed by atoms with Crippen LogP contribution in [0.1, 0.15) is 5.56 Å². The van der Waals surface area contributed by atoms with Gasteiger partial charge in [-0.25, -0.2) is 0 Å². The molecule has 4 rings (SSSR count). The SMILES string of the molecule is Cc1ccc(S(=O)(=O)N=c2cc(-c3ccccc3)oc(-c3ccccc3)c2)cc1. The van der Waals surface area contributed by atoms with Gasteiger partial charge in [-0.05, 0) is 19.1 Å². The van der Waals surface area contributed by atoms with Gasteiger partial charge >= 0.3 is 0 Å². The molecule has 144 valence electrons. The predicted octanol–water partition coefficient (Wildman–Crippen LogP) is 5.21. The van der Waals surface area contributed by atoms with E-state index in [-0.39, 0.29) is 4.90 Å². The van der Waals surface area contributed by atoms with Gasteiger partial charge in [0.1, 0.15) is 11.5 Å². The Hall–Kier alpha value is -3.44. The van der Waals surface area contributed by atoms with Crippen LogP contribution in [0.15, 0.2) is 111 Å². The van der Waals surface area contributed by atoms with E-state index in [1.54, 1.807) is 36.4 Å². The van der Waals surface area contributed by atoms with Crippen LogP contribution in [0.2, 0.25) is 0 Å². The minimum atomic E-state index is -3.84. The van der Waals surface area contributed by atoms with Gasteiger partial charge in [0.15, 0.2) is 0 Å². The van der Waals surface area contributed by atoms with Crippen molar-refractivity contribution in [3.63, 3.8) is 0 Å². The minimum Gasteiger partial charge on any atom is -0.456 e. The number of sulfonamides is 1. The molecular formula is C24H19NO3S. The summed E-state index contributed by atoms with van der Waals surface area (Å²) >= 11 is 0. The first kappa shape index (κ1) is 18.9. The molecule has 0 fully saturated rings. The number of hydrogen-bond donors (Lipinski definition) is 0. The van der Waals surface area contributed by atoms with Gasteiger partial charge in [0.05, 0.1) is 10.3 Å². The third-order valence-corrected chi connectivity index (χ3v) is 5.76.